The molecule has 1 aliphatic rings. The first-order valence-corrected chi connectivity index (χ1v) is 8.71. The zero-order chi connectivity index (χ0) is 16.9. The minimum absolute atomic E-state index is 0.464. The molecule has 0 bridgehead atoms. The summed E-state index contributed by atoms with van der Waals surface area (Å²) in [6.45, 7) is 7.48. The molecule has 2 aromatic heterocycles. The molecule has 0 saturated carbocycles. The first-order chi connectivity index (χ1) is 11.7. The molecule has 0 spiro atoms. The van der Waals surface area contributed by atoms with Gasteiger partial charge in [-0.2, -0.15) is 10.1 Å². The highest BCUT2D eigenvalue weighted by molar-refractivity contribution is 5.06. The van der Waals surface area contributed by atoms with E-state index in [1.807, 2.05) is 6.92 Å². The second-order valence-electron chi connectivity index (χ2n) is 6.58. The first kappa shape index (κ1) is 17.1. The Labute approximate surface area is 143 Å². The topological polar surface area (TPSA) is 69.2 Å². The van der Waals surface area contributed by atoms with E-state index in [-0.39, 0.29) is 0 Å². The van der Waals surface area contributed by atoms with Gasteiger partial charge in [-0.25, -0.2) is 0 Å². The lowest BCUT2D eigenvalue weighted by molar-refractivity contribution is 0.107. The molecule has 7 heteroatoms. The highest BCUT2D eigenvalue weighted by atomic mass is 16.5. The van der Waals surface area contributed by atoms with E-state index in [9.17, 15) is 0 Å². The minimum Gasteiger partial charge on any atom is -0.384 e. The zero-order valence-electron chi connectivity index (χ0n) is 14.9. The lowest BCUT2D eigenvalue weighted by Gasteiger charge is -2.34. The largest absolute Gasteiger partial charge is 0.384 e. The highest BCUT2D eigenvalue weighted by Gasteiger charge is 2.25. The van der Waals surface area contributed by atoms with Crippen LogP contribution < -0.4 is 0 Å². The third-order valence-corrected chi connectivity index (χ3v) is 4.61. The molecule has 24 heavy (non-hydrogen) atoms. The smallest absolute Gasteiger partial charge is 0.240 e. The SMILES string of the molecule is COCCc1noc(CN2CCCC[C@@H]2Cn2nc(C)cc2C)n1. The van der Waals surface area contributed by atoms with Crippen molar-refractivity contribution in [3.8, 4) is 0 Å². The lowest BCUT2D eigenvalue weighted by atomic mass is 10.0. The van der Waals surface area contributed by atoms with Crippen LogP contribution in [0.1, 0.15) is 42.4 Å². The Hall–Kier alpha value is -1.73. The second-order valence-corrected chi connectivity index (χ2v) is 6.58. The molecular weight excluding hydrogens is 306 g/mol. The Bertz CT molecular complexity index is 651. The number of rotatable bonds is 7. The molecule has 1 atom stereocenters. The maximum atomic E-state index is 5.41. The van der Waals surface area contributed by atoms with Crippen molar-refractivity contribution in [3.63, 3.8) is 0 Å². The molecule has 0 amide bonds. The van der Waals surface area contributed by atoms with Gasteiger partial charge in [0, 0.05) is 25.3 Å². The summed E-state index contributed by atoms with van der Waals surface area (Å²) in [4.78, 5) is 6.94. The number of aryl methyl sites for hydroxylation is 2. The third-order valence-electron chi connectivity index (χ3n) is 4.61. The highest BCUT2D eigenvalue weighted by Crippen LogP contribution is 2.21. The van der Waals surface area contributed by atoms with Gasteiger partial charge in [0.1, 0.15) is 0 Å². The van der Waals surface area contributed by atoms with Crippen LogP contribution in [0.5, 0.6) is 0 Å². The van der Waals surface area contributed by atoms with Crippen molar-refractivity contribution < 1.29 is 9.26 Å². The van der Waals surface area contributed by atoms with Crippen LogP contribution in [0.2, 0.25) is 0 Å². The van der Waals surface area contributed by atoms with E-state index in [2.05, 4.69) is 37.8 Å². The molecule has 2 aromatic rings. The number of hydrogen-bond acceptors (Lipinski definition) is 6. The van der Waals surface area contributed by atoms with Crippen LogP contribution in [-0.4, -0.2) is 51.1 Å². The summed E-state index contributed by atoms with van der Waals surface area (Å²) in [5.74, 6) is 1.42. The number of hydrogen-bond donors (Lipinski definition) is 0. The van der Waals surface area contributed by atoms with Gasteiger partial charge in [0.25, 0.3) is 0 Å². The van der Waals surface area contributed by atoms with Gasteiger partial charge in [-0.3, -0.25) is 9.58 Å². The summed E-state index contributed by atoms with van der Waals surface area (Å²) >= 11 is 0. The van der Waals surface area contributed by atoms with E-state index in [1.165, 1.54) is 25.0 Å². The average molecular weight is 333 g/mol. The number of ether oxygens (including phenoxy) is 1. The quantitative estimate of drug-likeness (QED) is 0.773. The Morgan fingerprint density at radius 3 is 2.96 bits per heavy atom. The zero-order valence-corrected chi connectivity index (χ0v) is 14.9. The molecule has 132 valence electrons. The van der Waals surface area contributed by atoms with Gasteiger partial charge in [0.2, 0.25) is 5.89 Å². The van der Waals surface area contributed by atoms with Crippen LogP contribution in [0.15, 0.2) is 10.6 Å². The van der Waals surface area contributed by atoms with Gasteiger partial charge in [-0.05, 0) is 39.3 Å². The van der Waals surface area contributed by atoms with Gasteiger partial charge in [0.15, 0.2) is 5.82 Å². The van der Waals surface area contributed by atoms with Crippen molar-refractivity contribution in [1.29, 1.82) is 0 Å². The van der Waals surface area contributed by atoms with Gasteiger partial charge < -0.3 is 9.26 Å². The summed E-state index contributed by atoms with van der Waals surface area (Å²) in [5, 5.41) is 8.64. The molecule has 0 N–H and O–H groups in total. The lowest BCUT2D eigenvalue weighted by Crippen LogP contribution is -2.42. The van der Waals surface area contributed by atoms with Crippen molar-refractivity contribution in [2.45, 2.75) is 58.7 Å². The fraction of sp³-hybridized carbons (Fsp3) is 0.706. The standard InChI is InChI=1S/C17H27N5O2/c1-13-10-14(2)22(19-13)11-15-6-4-5-8-21(15)12-17-18-16(20-24-17)7-9-23-3/h10,15H,4-9,11-12H2,1-3H3/t15-/m1/s1. The molecule has 0 aliphatic carbocycles. The molecule has 1 saturated heterocycles. The van der Waals surface area contributed by atoms with Crippen molar-refractivity contribution in [1.82, 2.24) is 24.8 Å². The maximum Gasteiger partial charge on any atom is 0.240 e. The van der Waals surface area contributed by atoms with Crippen molar-refractivity contribution in [2.24, 2.45) is 0 Å². The summed E-state index contributed by atoms with van der Waals surface area (Å²) < 4.78 is 12.6. The van der Waals surface area contributed by atoms with Crippen molar-refractivity contribution >= 4 is 0 Å². The predicted octanol–water partition coefficient (Wildman–Crippen LogP) is 2.13. The summed E-state index contributed by atoms with van der Waals surface area (Å²) in [5.41, 5.74) is 2.30. The van der Waals surface area contributed by atoms with Gasteiger partial charge >= 0.3 is 0 Å². The first-order valence-electron chi connectivity index (χ1n) is 8.71. The summed E-state index contributed by atoms with van der Waals surface area (Å²) in [7, 11) is 1.68. The van der Waals surface area contributed by atoms with Gasteiger partial charge in [0.05, 0.1) is 25.4 Å². The molecule has 3 rings (SSSR count). The van der Waals surface area contributed by atoms with E-state index < -0.39 is 0 Å². The maximum absolute atomic E-state index is 5.41. The molecule has 0 aromatic carbocycles. The number of likely N-dealkylation sites (tertiary alicyclic amines) is 1. The van der Waals surface area contributed by atoms with E-state index in [0.29, 0.717) is 31.5 Å². The Morgan fingerprint density at radius 2 is 2.21 bits per heavy atom. The number of piperidine rings is 1. The molecule has 0 radical (unpaired) electrons. The molecular formula is C17H27N5O2. The predicted molar refractivity (Wildman–Crippen MR) is 89.6 cm³/mol. The number of methoxy groups -OCH3 is 1. The number of aromatic nitrogens is 4. The van der Waals surface area contributed by atoms with E-state index in [4.69, 9.17) is 9.26 Å². The Balaban J connectivity index is 1.63. The van der Waals surface area contributed by atoms with Gasteiger partial charge in [-0.1, -0.05) is 11.6 Å². The summed E-state index contributed by atoms with van der Waals surface area (Å²) in [6.07, 6.45) is 4.36. The number of nitrogens with zero attached hydrogens (tertiary/aromatic N) is 5. The van der Waals surface area contributed by atoms with E-state index >= 15 is 0 Å². The second kappa shape index (κ2) is 7.90. The fourth-order valence-corrected chi connectivity index (χ4v) is 3.36. The van der Waals surface area contributed by atoms with Crippen LogP contribution in [0.4, 0.5) is 0 Å². The van der Waals surface area contributed by atoms with Crippen molar-refractivity contribution in [2.75, 3.05) is 20.3 Å². The Morgan fingerprint density at radius 1 is 1.33 bits per heavy atom. The van der Waals surface area contributed by atoms with E-state index in [0.717, 1.165) is 24.6 Å². The van der Waals surface area contributed by atoms with E-state index in [1.54, 1.807) is 7.11 Å². The molecule has 0 unspecified atom stereocenters. The third kappa shape index (κ3) is 4.21. The van der Waals surface area contributed by atoms with Crippen LogP contribution in [0.25, 0.3) is 0 Å². The monoisotopic (exact) mass is 333 g/mol. The Kier molecular flexibility index (Phi) is 5.63. The summed E-state index contributed by atoms with van der Waals surface area (Å²) in [6, 6.07) is 2.60. The minimum atomic E-state index is 0.464. The fourth-order valence-electron chi connectivity index (χ4n) is 3.36. The van der Waals surface area contributed by atoms with Crippen LogP contribution in [0, 0.1) is 13.8 Å². The normalized spacial score (nSPS) is 19.0. The molecule has 1 aliphatic heterocycles. The molecule has 3 heterocycles. The van der Waals surface area contributed by atoms with Crippen molar-refractivity contribution in [3.05, 3.63) is 29.2 Å². The molecule has 1 fully saturated rings. The average Bonchev–Trinajstić information content (AvgIpc) is 3.13. The molecule has 7 nitrogen and oxygen atoms in total. The van der Waals surface area contributed by atoms with Crippen LogP contribution >= 0.6 is 0 Å². The van der Waals surface area contributed by atoms with Gasteiger partial charge in [-0.15, -0.1) is 0 Å². The van der Waals surface area contributed by atoms with Crippen LogP contribution in [0.3, 0.4) is 0 Å². The van der Waals surface area contributed by atoms with Crippen LogP contribution in [-0.2, 0) is 24.2 Å².